The van der Waals surface area contributed by atoms with Crippen molar-refractivity contribution < 1.29 is 9.50 Å². The number of hydrogen-bond acceptors (Lipinski definition) is 2. The molecule has 1 atom stereocenters. The standard InChI is InChI=1S/C11H15FOS/c1-3-11(2,13)8-14-10-7-5-4-6-9(10)12/h4-7,13H,3,8H2,1-2H3. The quantitative estimate of drug-likeness (QED) is 0.777. The minimum Gasteiger partial charge on any atom is -0.389 e. The van der Waals surface area contributed by atoms with Crippen LogP contribution in [0.3, 0.4) is 0 Å². The Kier molecular flexibility index (Phi) is 3.96. The van der Waals surface area contributed by atoms with Crippen LogP contribution in [0, 0.1) is 5.82 Å². The zero-order chi connectivity index (χ0) is 10.6. The predicted molar refractivity (Wildman–Crippen MR) is 58.0 cm³/mol. The van der Waals surface area contributed by atoms with Crippen LogP contribution in [0.25, 0.3) is 0 Å². The van der Waals surface area contributed by atoms with Gasteiger partial charge < -0.3 is 5.11 Å². The Bertz CT molecular complexity index is 299. The third-order valence-electron chi connectivity index (χ3n) is 2.14. The summed E-state index contributed by atoms with van der Waals surface area (Å²) in [5.74, 6) is 0.300. The molecule has 0 heterocycles. The van der Waals surface area contributed by atoms with Crippen LogP contribution in [-0.4, -0.2) is 16.5 Å². The van der Waals surface area contributed by atoms with Crippen molar-refractivity contribution >= 4 is 11.8 Å². The van der Waals surface area contributed by atoms with Gasteiger partial charge in [-0.05, 0) is 25.5 Å². The molecule has 0 spiro atoms. The van der Waals surface area contributed by atoms with Crippen LogP contribution in [-0.2, 0) is 0 Å². The smallest absolute Gasteiger partial charge is 0.136 e. The van der Waals surface area contributed by atoms with Crippen molar-refractivity contribution in [3.63, 3.8) is 0 Å². The van der Waals surface area contributed by atoms with Crippen LogP contribution >= 0.6 is 11.8 Å². The van der Waals surface area contributed by atoms with E-state index in [1.807, 2.05) is 6.92 Å². The molecule has 1 unspecified atom stereocenters. The first-order valence-corrected chi connectivity index (χ1v) is 5.63. The molecule has 0 radical (unpaired) electrons. The van der Waals surface area contributed by atoms with Gasteiger partial charge in [0.05, 0.1) is 5.60 Å². The van der Waals surface area contributed by atoms with E-state index in [0.717, 1.165) is 0 Å². The van der Waals surface area contributed by atoms with Crippen molar-refractivity contribution in [3.05, 3.63) is 30.1 Å². The molecule has 0 saturated carbocycles. The van der Waals surface area contributed by atoms with Crippen molar-refractivity contribution in [3.8, 4) is 0 Å². The third kappa shape index (κ3) is 3.31. The summed E-state index contributed by atoms with van der Waals surface area (Å²) >= 11 is 1.35. The van der Waals surface area contributed by atoms with Crippen molar-refractivity contribution in [1.29, 1.82) is 0 Å². The molecule has 1 aromatic carbocycles. The summed E-state index contributed by atoms with van der Waals surface area (Å²) in [6, 6.07) is 6.62. The number of hydrogen-bond donors (Lipinski definition) is 1. The van der Waals surface area contributed by atoms with E-state index in [0.29, 0.717) is 17.1 Å². The number of rotatable bonds is 4. The zero-order valence-corrected chi connectivity index (χ0v) is 9.27. The van der Waals surface area contributed by atoms with E-state index < -0.39 is 5.60 Å². The van der Waals surface area contributed by atoms with Crippen LogP contribution in [0.2, 0.25) is 0 Å². The summed E-state index contributed by atoms with van der Waals surface area (Å²) in [6.07, 6.45) is 0.675. The molecule has 0 aromatic heterocycles. The van der Waals surface area contributed by atoms with Gasteiger partial charge in [-0.25, -0.2) is 4.39 Å². The van der Waals surface area contributed by atoms with Crippen molar-refractivity contribution in [2.75, 3.05) is 5.75 Å². The van der Waals surface area contributed by atoms with Crippen LogP contribution < -0.4 is 0 Å². The van der Waals surface area contributed by atoms with E-state index in [1.165, 1.54) is 17.8 Å². The SMILES string of the molecule is CCC(C)(O)CSc1ccccc1F. The maximum Gasteiger partial charge on any atom is 0.136 e. The molecule has 0 aliphatic heterocycles. The topological polar surface area (TPSA) is 20.2 Å². The van der Waals surface area contributed by atoms with Crippen LogP contribution in [0.5, 0.6) is 0 Å². The molecule has 0 aliphatic rings. The molecule has 0 fully saturated rings. The van der Waals surface area contributed by atoms with Gasteiger partial charge in [-0.15, -0.1) is 11.8 Å². The van der Waals surface area contributed by atoms with E-state index in [9.17, 15) is 9.50 Å². The molecule has 3 heteroatoms. The third-order valence-corrected chi connectivity index (χ3v) is 3.55. The summed E-state index contributed by atoms with van der Waals surface area (Å²) in [7, 11) is 0. The molecule has 1 aromatic rings. The lowest BCUT2D eigenvalue weighted by molar-refractivity contribution is 0.0816. The van der Waals surface area contributed by atoms with Crippen LogP contribution in [0.15, 0.2) is 29.2 Å². The molecule has 0 aliphatic carbocycles. The van der Waals surface area contributed by atoms with Gasteiger partial charge in [-0.2, -0.15) is 0 Å². The normalized spacial score (nSPS) is 15.1. The summed E-state index contributed by atoms with van der Waals surface area (Å²) in [6.45, 7) is 3.68. The fraction of sp³-hybridized carbons (Fsp3) is 0.455. The van der Waals surface area contributed by atoms with E-state index in [1.54, 1.807) is 25.1 Å². The molecule has 0 saturated heterocycles. The lowest BCUT2D eigenvalue weighted by atomic mass is 10.1. The lowest BCUT2D eigenvalue weighted by Gasteiger charge is -2.20. The van der Waals surface area contributed by atoms with Crippen LogP contribution in [0.1, 0.15) is 20.3 Å². The van der Waals surface area contributed by atoms with Gasteiger partial charge in [0.25, 0.3) is 0 Å². The first kappa shape index (κ1) is 11.5. The second kappa shape index (κ2) is 4.80. The Morgan fingerprint density at radius 1 is 1.43 bits per heavy atom. The predicted octanol–water partition coefficient (Wildman–Crippen LogP) is 3.08. The summed E-state index contributed by atoms with van der Waals surface area (Å²) in [5, 5.41) is 9.73. The first-order chi connectivity index (χ1) is 6.55. The maximum absolute atomic E-state index is 13.2. The average Bonchev–Trinajstić information content (AvgIpc) is 2.17. The Morgan fingerprint density at radius 3 is 2.64 bits per heavy atom. The van der Waals surface area contributed by atoms with Gasteiger partial charge in [0, 0.05) is 10.6 Å². The van der Waals surface area contributed by atoms with E-state index in [2.05, 4.69) is 0 Å². The highest BCUT2D eigenvalue weighted by Gasteiger charge is 2.18. The van der Waals surface area contributed by atoms with E-state index >= 15 is 0 Å². The number of thioether (sulfide) groups is 1. The molecule has 78 valence electrons. The number of aliphatic hydroxyl groups is 1. The summed E-state index contributed by atoms with van der Waals surface area (Å²) in [5.41, 5.74) is -0.715. The summed E-state index contributed by atoms with van der Waals surface area (Å²) in [4.78, 5) is 0.598. The number of benzene rings is 1. The average molecular weight is 214 g/mol. The van der Waals surface area contributed by atoms with Gasteiger partial charge in [-0.3, -0.25) is 0 Å². The van der Waals surface area contributed by atoms with E-state index in [-0.39, 0.29) is 5.82 Å². The highest BCUT2D eigenvalue weighted by Crippen LogP contribution is 2.26. The minimum atomic E-state index is -0.715. The highest BCUT2D eigenvalue weighted by molar-refractivity contribution is 7.99. The highest BCUT2D eigenvalue weighted by atomic mass is 32.2. The molecule has 0 bridgehead atoms. The van der Waals surface area contributed by atoms with Crippen LogP contribution in [0.4, 0.5) is 4.39 Å². The Hall–Kier alpha value is -0.540. The van der Waals surface area contributed by atoms with Crippen molar-refractivity contribution in [2.45, 2.75) is 30.8 Å². The Labute approximate surface area is 88.3 Å². The van der Waals surface area contributed by atoms with Gasteiger partial charge >= 0.3 is 0 Å². The summed E-state index contributed by atoms with van der Waals surface area (Å²) < 4.78 is 13.2. The minimum absolute atomic E-state index is 0.218. The molecular formula is C11H15FOS. The molecule has 1 rings (SSSR count). The fourth-order valence-electron chi connectivity index (χ4n) is 0.897. The van der Waals surface area contributed by atoms with Gasteiger partial charge in [0.2, 0.25) is 0 Å². The first-order valence-electron chi connectivity index (χ1n) is 4.65. The zero-order valence-electron chi connectivity index (χ0n) is 8.46. The second-order valence-corrected chi connectivity index (χ2v) is 4.59. The molecule has 0 amide bonds. The maximum atomic E-state index is 13.2. The molecule has 1 nitrogen and oxygen atoms in total. The van der Waals surface area contributed by atoms with Crippen molar-refractivity contribution in [2.24, 2.45) is 0 Å². The van der Waals surface area contributed by atoms with Gasteiger partial charge in [-0.1, -0.05) is 19.1 Å². The monoisotopic (exact) mass is 214 g/mol. The lowest BCUT2D eigenvalue weighted by Crippen LogP contribution is -2.25. The number of halogens is 1. The van der Waals surface area contributed by atoms with Gasteiger partial charge in [0.1, 0.15) is 5.82 Å². The molecular weight excluding hydrogens is 199 g/mol. The molecule has 1 N–H and O–H groups in total. The fourth-order valence-corrected chi connectivity index (χ4v) is 1.95. The molecule has 14 heavy (non-hydrogen) atoms. The van der Waals surface area contributed by atoms with Crippen molar-refractivity contribution in [1.82, 2.24) is 0 Å². The van der Waals surface area contributed by atoms with E-state index in [4.69, 9.17) is 0 Å². The Morgan fingerprint density at radius 2 is 2.07 bits per heavy atom. The van der Waals surface area contributed by atoms with Gasteiger partial charge in [0.15, 0.2) is 0 Å². The Balaban J connectivity index is 2.58. The largest absolute Gasteiger partial charge is 0.389 e. The second-order valence-electron chi connectivity index (χ2n) is 3.57.